The van der Waals surface area contributed by atoms with Crippen LogP contribution >= 0.6 is 0 Å². The summed E-state index contributed by atoms with van der Waals surface area (Å²) < 4.78 is 7.24. The van der Waals surface area contributed by atoms with Crippen LogP contribution in [-0.4, -0.2) is 48.9 Å². The summed E-state index contributed by atoms with van der Waals surface area (Å²) in [5, 5.41) is 15.1. The van der Waals surface area contributed by atoms with Crippen molar-refractivity contribution in [2.75, 3.05) is 13.1 Å². The zero-order valence-electron chi connectivity index (χ0n) is 13.3. The second kappa shape index (κ2) is 5.95. The van der Waals surface area contributed by atoms with Gasteiger partial charge in [-0.2, -0.15) is 5.10 Å². The molecule has 24 heavy (non-hydrogen) atoms. The maximum atomic E-state index is 12.8. The Morgan fingerprint density at radius 3 is 3.12 bits per heavy atom. The fraction of sp³-hybridized carbons (Fsp3) is 0.375. The van der Waals surface area contributed by atoms with Gasteiger partial charge in [0, 0.05) is 32.1 Å². The van der Waals surface area contributed by atoms with Crippen LogP contribution in [0.4, 0.5) is 0 Å². The lowest BCUT2D eigenvalue weighted by Crippen LogP contribution is -2.39. The van der Waals surface area contributed by atoms with Gasteiger partial charge in [-0.25, -0.2) is 0 Å². The van der Waals surface area contributed by atoms with Crippen molar-refractivity contribution in [2.24, 2.45) is 7.05 Å². The fourth-order valence-electron chi connectivity index (χ4n) is 3.19. The maximum Gasteiger partial charge on any atom is 0.274 e. The molecule has 0 bridgehead atoms. The van der Waals surface area contributed by atoms with Gasteiger partial charge in [-0.1, -0.05) is 0 Å². The molecule has 1 N–H and O–H groups in total. The molecular formula is C16H18N6O2. The van der Waals surface area contributed by atoms with E-state index in [4.69, 9.17) is 4.42 Å². The largest absolute Gasteiger partial charge is 0.463 e. The highest BCUT2D eigenvalue weighted by Crippen LogP contribution is 2.26. The van der Waals surface area contributed by atoms with Gasteiger partial charge in [0.25, 0.3) is 5.91 Å². The van der Waals surface area contributed by atoms with E-state index in [0.29, 0.717) is 23.7 Å². The molecule has 0 aromatic carbocycles. The van der Waals surface area contributed by atoms with E-state index in [-0.39, 0.29) is 11.8 Å². The third-order valence-corrected chi connectivity index (χ3v) is 4.40. The molecule has 1 fully saturated rings. The molecule has 1 aliphatic heterocycles. The molecule has 3 aromatic rings. The Kier molecular flexibility index (Phi) is 3.64. The predicted molar refractivity (Wildman–Crippen MR) is 85.2 cm³/mol. The van der Waals surface area contributed by atoms with Crippen LogP contribution in [0.3, 0.4) is 0 Å². The van der Waals surface area contributed by atoms with E-state index < -0.39 is 0 Å². The Morgan fingerprint density at radius 2 is 2.38 bits per heavy atom. The summed E-state index contributed by atoms with van der Waals surface area (Å²) >= 11 is 0. The first-order chi connectivity index (χ1) is 11.7. The van der Waals surface area contributed by atoms with Gasteiger partial charge in [0.15, 0.2) is 11.5 Å². The number of furan rings is 1. The normalized spacial score (nSPS) is 18.0. The molecule has 4 rings (SSSR count). The van der Waals surface area contributed by atoms with Gasteiger partial charge < -0.3 is 13.9 Å². The third-order valence-electron chi connectivity index (χ3n) is 4.40. The number of hydrogen-bond acceptors (Lipinski definition) is 5. The topological polar surface area (TPSA) is 92.8 Å². The number of rotatable bonds is 3. The number of piperidine rings is 1. The van der Waals surface area contributed by atoms with E-state index in [2.05, 4.69) is 20.4 Å². The Labute approximate surface area is 138 Å². The Morgan fingerprint density at radius 1 is 1.46 bits per heavy atom. The smallest absolute Gasteiger partial charge is 0.274 e. The van der Waals surface area contributed by atoms with Crippen molar-refractivity contribution < 1.29 is 9.21 Å². The second-order valence-corrected chi connectivity index (χ2v) is 6.03. The molecule has 1 amide bonds. The number of H-pyrrole nitrogens is 1. The predicted octanol–water partition coefficient (Wildman–Crippen LogP) is 1.82. The number of aromatic nitrogens is 5. The molecule has 1 aliphatic rings. The van der Waals surface area contributed by atoms with Crippen LogP contribution in [0.25, 0.3) is 11.5 Å². The molecule has 0 aliphatic carbocycles. The van der Waals surface area contributed by atoms with Crippen LogP contribution in [0.1, 0.15) is 35.1 Å². The first-order valence-electron chi connectivity index (χ1n) is 7.95. The highest BCUT2D eigenvalue weighted by molar-refractivity contribution is 5.93. The molecule has 3 aromatic heterocycles. The summed E-state index contributed by atoms with van der Waals surface area (Å²) in [7, 11) is 1.93. The average Bonchev–Trinajstić information content (AvgIpc) is 3.35. The van der Waals surface area contributed by atoms with E-state index in [0.717, 1.165) is 25.2 Å². The van der Waals surface area contributed by atoms with Crippen LogP contribution in [0.5, 0.6) is 0 Å². The number of amides is 1. The fourth-order valence-corrected chi connectivity index (χ4v) is 3.19. The zero-order valence-corrected chi connectivity index (χ0v) is 13.3. The van der Waals surface area contributed by atoms with Crippen LogP contribution in [0, 0.1) is 0 Å². The first kappa shape index (κ1) is 14.7. The third kappa shape index (κ3) is 2.60. The molecule has 124 valence electrons. The number of hydrogen-bond donors (Lipinski definition) is 1. The highest BCUT2D eigenvalue weighted by atomic mass is 16.3. The van der Waals surface area contributed by atoms with E-state index in [9.17, 15) is 4.79 Å². The molecule has 8 heteroatoms. The van der Waals surface area contributed by atoms with E-state index in [1.165, 1.54) is 0 Å². The summed E-state index contributed by atoms with van der Waals surface area (Å²) in [6, 6.07) is 5.35. The molecule has 4 heterocycles. The number of aryl methyl sites for hydroxylation is 1. The first-order valence-corrected chi connectivity index (χ1v) is 7.95. The highest BCUT2D eigenvalue weighted by Gasteiger charge is 2.29. The van der Waals surface area contributed by atoms with E-state index in [1.54, 1.807) is 24.7 Å². The molecule has 8 nitrogen and oxygen atoms in total. The number of carbonyl (C=O) groups excluding carboxylic acids is 1. The quantitative estimate of drug-likeness (QED) is 0.792. The molecule has 1 atom stereocenters. The van der Waals surface area contributed by atoms with Gasteiger partial charge in [0.05, 0.1) is 6.26 Å². The van der Waals surface area contributed by atoms with Gasteiger partial charge >= 0.3 is 0 Å². The molecule has 1 unspecified atom stereocenters. The van der Waals surface area contributed by atoms with Crippen molar-refractivity contribution in [2.45, 2.75) is 18.8 Å². The standard InChI is InChI=1S/C16H18N6O2/c1-21-10-17-20-15(21)11-4-2-6-22(9-11)16(23)13-8-12(18-19-13)14-5-3-7-24-14/h3,5,7-8,10-11H,2,4,6,9H2,1H3,(H,18,19). The number of nitrogens with zero attached hydrogens (tertiary/aromatic N) is 5. The molecular weight excluding hydrogens is 308 g/mol. The van der Waals surface area contributed by atoms with Crippen molar-refractivity contribution in [3.8, 4) is 11.5 Å². The summed E-state index contributed by atoms with van der Waals surface area (Å²) in [6.07, 6.45) is 5.24. The van der Waals surface area contributed by atoms with Crippen molar-refractivity contribution >= 4 is 5.91 Å². The van der Waals surface area contributed by atoms with Gasteiger partial charge in [-0.3, -0.25) is 9.89 Å². The lowest BCUT2D eigenvalue weighted by atomic mass is 9.97. The molecule has 0 radical (unpaired) electrons. The SMILES string of the molecule is Cn1cnnc1C1CCCN(C(=O)c2cc(-c3ccco3)[nH]n2)C1. The van der Waals surface area contributed by atoms with Crippen LogP contribution in [0.2, 0.25) is 0 Å². The lowest BCUT2D eigenvalue weighted by Gasteiger charge is -2.31. The summed E-state index contributed by atoms with van der Waals surface area (Å²) in [4.78, 5) is 14.6. The maximum absolute atomic E-state index is 12.8. The van der Waals surface area contributed by atoms with Crippen LogP contribution in [0.15, 0.2) is 35.2 Å². The van der Waals surface area contributed by atoms with Gasteiger partial charge in [0.1, 0.15) is 17.8 Å². The van der Waals surface area contributed by atoms with E-state index >= 15 is 0 Å². The Balaban J connectivity index is 1.51. The Bertz CT molecular complexity index is 835. The van der Waals surface area contributed by atoms with Crippen molar-refractivity contribution in [3.05, 3.63) is 42.3 Å². The number of carbonyl (C=O) groups is 1. The summed E-state index contributed by atoms with van der Waals surface area (Å²) in [6.45, 7) is 1.37. The van der Waals surface area contributed by atoms with Crippen molar-refractivity contribution in [1.29, 1.82) is 0 Å². The second-order valence-electron chi connectivity index (χ2n) is 6.03. The molecule has 0 spiro atoms. The van der Waals surface area contributed by atoms with Gasteiger partial charge in [0.2, 0.25) is 0 Å². The average molecular weight is 326 g/mol. The van der Waals surface area contributed by atoms with Crippen LogP contribution < -0.4 is 0 Å². The molecule has 0 saturated carbocycles. The van der Waals surface area contributed by atoms with Gasteiger partial charge in [-0.05, 0) is 25.0 Å². The summed E-state index contributed by atoms with van der Waals surface area (Å²) in [5.41, 5.74) is 1.10. The minimum atomic E-state index is -0.0732. The lowest BCUT2D eigenvalue weighted by molar-refractivity contribution is 0.0697. The Hall–Kier alpha value is -2.90. The molecule has 1 saturated heterocycles. The number of nitrogens with one attached hydrogen (secondary N) is 1. The zero-order chi connectivity index (χ0) is 16.5. The monoisotopic (exact) mass is 326 g/mol. The van der Waals surface area contributed by atoms with E-state index in [1.807, 2.05) is 22.6 Å². The van der Waals surface area contributed by atoms with Crippen molar-refractivity contribution in [3.63, 3.8) is 0 Å². The van der Waals surface area contributed by atoms with Gasteiger partial charge in [-0.15, -0.1) is 10.2 Å². The minimum absolute atomic E-state index is 0.0732. The minimum Gasteiger partial charge on any atom is -0.463 e. The van der Waals surface area contributed by atoms with Crippen molar-refractivity contribution in [1.82, 2.24) is 29.9 Å². The number of likely N-dealkylation sites (tertiary alicyclic amines) is 1. The van der Waals surface area contributed by atoms with Crippen LogP contribution in [-0.2, 0) is 7.05 Å². The number of aromatic amines is 1. The summed E-state index contributed by atoms with van der Waals surface area (Å²) in [5.74, 6) is 1.72.